The van der Waals surface area contributed by atoms with E-state index in [0.29, 0.717) is 0 Å². The molecular weight excluding hydrogens is 168 g/mol. The molecule has 3 heteroatoms. The molecule has 80 valence electrons. The number of rotatable bonds is 5. The summed E-state index contributed by atoms with van der Waals surface area (Å²) in [6, 6.07) is 0. The zero-order valence-electron chi connectivity index (χ0n) is 9.55. The van der Waals surface area contributed by atoms with E-state index in [4.69, 9.17) is 9.47 Å². The summed E-state index contributed by atoms with van der Waals surface area (Å²) in [5.41, 5.74) is 0. The molecule has 3 nitrogen and oxygen atoms in total. The molecule has 0 saturated carbocycles. The quantitative estimate of drug-likeness (QED) is 0.676. The standard InChI is InChI=1S/C10H22O3/c1-7-8(2)12-10(5,6)13-9(3,4)11/h8,11H,7H2,1-6H3. The van der Waals surface area contributed by atoms with Gasteiger partial charge in [-0.3, -0.25) is 0 Å². The predicted octanol–water partition coefficient (Wildman–Crippen LogP) is 2.28. The fraction of sp³-hybridized carbons (Fsp3) is 1.00. The lowest BCUT2D eigenvalue weighted by Gasteiger charge is -2.34. The zero-order valence-corrected chi connectivity index (χ0v) is 9.55. The van der Waals surface area contributed by atoms with Crippen LogP contribution in [0.2, 0.25) is 0 Å². The second kappa shape index (κ2) is 4.40. The van der Waals surface area contributed by atoms with Gasteiger partial charge in [0.05, 0.1) is 6.10 Å². The minimum Gasteiger partial charge on any atom is -0.366 e. The Hall–Kier alpha value is -0.120. The molecule has 0 amide bonds. The maximum absolute atomic E-state index is 9.44. The van der Waals surface area contributed by atoms with Gasteiger partial charge in [-0.25, -0.2) is 0 Å². The van der Waals surface area contributed by atoms with Crippen LogP contribution in [0.1, 0.15) is 48.0 Å². The molecule has 0 heterocycles. The van der Waals surface area contributed by atoms with Crippen LogP contribution in [0, 0.1) is 0 Å². The molecule has 0 radical (unpaired) electrons. The number of aliphatic hydroxyl groups is 1. The van der Waals surface area contributed by atoms with E-state index in [0.717, 1.165) is 6.42 Å². The van der Waals surface area contributed by atoms with E-state index in [1.165, 1.54) is 0 Å². The van der Waals surface area contributed by atoms with Crippen molar-refractivity contribution in [2.75, 3.05) is 0 Å². The lowest BCUT2D eigenvalue weighted by atomic mass is 10.3. The van der Waals surface area contributed by atoms with E-state index in [-0.39, 0.29) is 6.10 Å². The van der Waals surface area contributed by atoms with Crippen molar-refractivity contribution in [3.8, 4) is 0 Å². The van der Waals surface area contributed by atoms with Gasteiger partial charge in [0, 0.05) is 0 Å². The normalized spacial score (nSPS) is 15.9. The summed E-state index contributed by atoms with van der Waals surface area (Å²) in [6.07, 6.45) is 1.07. The Kier molecular flexibility index (Phi) is 4.36. The molecule has 0 aliphatic heterocycles. The van der Waals surface area contributed by atoms with E-state index >= 15 is 0 Å². The van der Waals surface area contributed by atoms with Crippen LogP contribution >= 0.6 is 0 Å². The Morgan fingerprint density at radius 1 is 1.23 bits per heavy atom. The molecule has 0 bridgehead atoms. The van der Waals surface area contributed by atoms with E-state index < -0.39 is 11.6 Å². The lowest BCUT2D eigenvalue weighted by Crippen LogP contribution is -2.40. The summed E-state index contributed by atoms with van der Waals surface area (Å²) in [5, 5.41) is 9.44. The zero-order chi connectivity index (χ0) is 10.7. The van der Waals surface area contributed by atoms with Crippen molar-refractivity contribution in [1.82, 2.24) is 0 Å². The maximum atomic E-state index is 9.44. The lowest BCUT2D eigenvalue weighted by molar-refractivity contribution is -0.330. The highest BCUT2D eigenvalue weighted by Crippen LogP contribution is 2.21. The molecule has 13 heavy (non-hydrogen) atoms. The van der Waals surface area contributed by atoms with Crippen LogP contribution in [-0.4, -0.2) is 22.8 Å². The molecule has 1 N–H and O–H groups in total. The van der Waals surface area contributed by atoms with Crippen molar-refractivity contribution < 1.29 is 14.6 Å². The van der Waals surface area contributed by atoms with Crippen LogP contribution in [-0.2, 0) is 9.47 Å². The smallest absolute Gasteiger partial charge is 0.166 e. The topological polar surface area (TPSA) is 38.7 Å². The Bertz CT molecular complexity index is 147. The van der Waals surface area contributed by atoms with Gasteiger partial charge in [0.1, 0.15) is 0 Å². The van der Waals surface area contributed by atoms with Gasteiger partial charge in [-0.05, 0) is 41.0 Å². The molecule has 0 spiro atoms. The van der Waals surface area contributed by atoms with Crippen LogP contribution in [0.5, 0.6) is 0 Å². The summed E-state index contributed by atoms with van der Waals surface area (Å²) in [4.78, 5) is 0. The molecule has 0 aliphatic rings. The number of ether oxygens (including phenoxy) is 2. The van der Waals surface area contributed by atoms with Crippen LogP contribution in [0.25, 0.3) is 0 Å². The molecule has 1 atom stereocenters. The SMILES string of the molecule is CCC(C)OC(C)(C)OC(C)(C)O. The first-order valence-corrected chi connectivity index (χ1v) is 4.76. The molecule has 0 fully saturated rings. The maximum Gasteiger partial charge on any atom is 0.166 e. The van der Waals surface area contributed by atoms with Gasteiger partial charge < -0.3 is 14.6 Å². The van der Waals surface area contributed by atoms with Crippen molar-refractivity contribution in [3.63, 3.8) is 0 Å². The Balaban J connectivity index is 4.08. The van der Waals surface area contributed by atoms with Crippen molar-refractivity contribution >= 4 is 0 Å². The first kappa shape index (κ1) is 12.9. The van der Waals surface area contributed by atoms with E-state index in [1.54, 1.807) is 27.7 Å². The number of hydrogen-bond acceptors (Lipinski definition) is 3. The Morgan fingerprint density at radius 2 is 1.69 bits per heavy atom. The van der Waals surface area contributed by atoms with Crippen molar-refractivity contribution in [2.24, 2.45) is 0 Å². The van der Waals surface area contributed by atoms with Crippen molar-refractivity contribution in [3.05, 3.63) is 0 Å². The summed E-state index contributed by atoms with van der Waals surface area (Å²) in [6.45, 7) is 10.8. The molecule has 0 aromatic rings. The second-order valence-corrected chi connectivity index (χ2v) is 4.29. The highest BCUT2D eigenvalue weighted by molar-refractivity contribution is 4.62. The van der Waals surface area contributed by atoms with Gasteiger partial charge in [-0.15, -0.1) is 0 Å². The Labute approximate surface area is 81.0 Å². The summed E-state index contributed by atoms with van der Waals surface area (Å²) >= 11 is 0. The fourth-order valence-corrected chi connectivity index (χ4v) is 1.19. The highest BCUT2D eigenvalue weighted by Gasteiger charge is 2.29. The molecule has 0 aromatic heterocycles. The van der Waals surface area contributed by atoms with Gasteiger partial charge in [-0.2, -0.15) is 0 Å². The average molecular weight is 190 g/mol. The minimum atomic E-state index is -1.16. The van der Waals surface area contributed by atoms with Crippen molar-refractivity contribution in [2.45, 2.75) is 65.6 Å². The van der Waals surface area contributed by atoms with E-state index in [1.807, 2.05) is 13.8 Å². The molecule has 1 unspecified atom stereocenters. The summed E-state index contributed by atoms with van der Waals surface area (Å²) in [7, 11) is 0. The van der Waals surface area contributed by atoms with Crippen molar-refractivity contribution in [1.29, 1.82) is 0 Å². The van der Waals surface area contributed by atoms with Crippen LogP contribution in [0.15, 0.2) is 0 Å². The van der Waals surface area contributed by atoms with Gasteiger partial charge in [0.2, 0.25) is 0 Å². The van der Waals surface area contributed by atoms with Crippen LogP contribution in [0.3, 0.4) is 0 Å². The van der Waals surface area contributed by atoms with Gasteiger partial charge >= 0.3 is 0 Å². The second-order valence-electron chi connectivity index (χ2n) is 4.29. The molecular formula is C10H22O3. The summed E-state index contributed by atoms with van der Waals surface area (Å²) in [5.74, 6) is -1.90. The molecule has 0 aliphatic carbocycles. The van der Waals surface area contributed by atoms with Gasteiger partial charge in [0.25, 0.3) is 0 Å². The number of hydrogen-bond donors (Lipinski definition) is 1. The monoisotopic (exact) mass is 190 g/mol. The first-order valence-electron chi connectivity index (χ1n) is 4.76. The largest absolute Gasteiger partial charge is 0.366 e. The average Bonchev–Trinajstić information content (AvgIpc) is 1.80. The third-order valence-electron chi connectivity index (χ3n) is 1.56. The molecule has 0 rings (SSSR count). The van der Waals surface area contributed by atoms with E-state index in [2.05, 4.69) is 0 Å². The van der Waals surface area contributed by atoms with Crippen LogP contribution < -0.4 is 0 Å². The first-order chi connectivity index (χ1) is 5.66. The summed E-state index contributed by atoms with van der Waals surface area (Å²) < 4.78 is 10.9. The Morgan fingerprint density at radius 3 is 2.00 bits per heavy atom. The van der Waals surface area contributed by atoms with Gasteiger partial charge in [0.15, 0.2) is 11.6 Å². The van der Waals surface area contributed by atoms with Gasteiger partial charge in [-0.1, -0.05) is 6.92 Å². The predicted molar refractivity (Wildman–Crippen MR) is 52.3 cm³/mol. The molecule has 0 aromatic carbocycles. The highest BCUT2D eigenvalue weighted by atomic mass is 16.8. The third-order valence-corrected chi connectivity index (χ3v) is 1.56. The third kappa shape index (κ3) is 6.99. The fourth-order valence-electron chi connectivity index (χ4n) is 1.19. The van der Waals surface area contributed by atoms with E-state index in [9.17, 15) is 5.11 Å². The van der Waals surface area contributed by atoms with Crippen LogP contribution in [0.4, 0.5) is 0 Å². The minimum absolute atomic E-state index is 0.136. The molecule has 0 saturated heterocycles.